The van der Waals surface area contributed by atoms with Crippen molar-refractivity contribution in [3.8, 4) is 0 Å². The molecule has 1 aromatic heterocycles. The van der Waals surface area contributed by atoms with Crippen molar-refractivity contribution in [2.45, 2.75) is 44.3 Å². The zero-order valence-corrected chi connectivity index (χ0v) is 23.1. The van der Waals surface area contributed by atoms with E-state index in [1.165, 1.54) is 17.0 Å². The van der Waals surface area contributed by atoms with Crippen molar-refractivity contribution in [2.24, 2.45) is 0 Å². The number of nitrogens with one attached hydrogen (secondary N) is 1. The van der Waals surface area contributed by atoms with Gasteiger partial charge in [0, 0.05) is 75.5 Å². The van der Waals surface area contributed by atoms with Crippen LogP contribution in [0.3, 0.4) is 0 Å². The maximum atomic E-state index is 13.7. The van der Waals surface area contributed by atoms with Gasteiger partial charge in [-0.15, -0.1) is 0 Å². The largest absolute Gasteiger partial charge is 0.354 e. The number of halogens is 1. The molecule has 11 nitrogen and oxygen atoms in total. The summed E-state index contributed by atoms with van der Waals surface area (Å²) in [6.07, 6.45) is 2.18. The topological polar surface area (TPSA) is 119 Å². The van der Waals surface area contributed by atoms with Crippen molar-refractivity contribution < 1.29 is 28.1 Å². The van der Waals surface area contributed by atoms with E-state index in [1.54, 1.807) is 24.3 Å². The first kappa shape index (κ1) is 26.6. The molecule has 0 aliphatic carbocycles. The standard InChI is InChI=1S/C30H31FN6O5/c31-18-4-5-22-25(16-18)42-33-27(22)35-14-12-34(13-15-35)19-8-10-36(11-9-19)29(40)20-2-1-3-21-23(20)17-37(30(21)41)24-6-7-26(38)32-28(24)39/h1-5,16,19,24H,6-15,17H2,(H,32,38,39). The first-order valence-corrected chi connectivity index (χ1v) is 14.5. The Morgan fingerprint density at radius 3 is 2.52 bits per heavy atom. The summed E-state index contributed by atoms with van der Waals surface area (Å²) in [4.78, 5) is 58.8. The van der Waals surface area contributed by atoms with Crippen LogP contribution in [0, 0.1) is 5.82 Å². The van der Waals surface area contributed by atoms with Gasteiger partial charge < -0.3 is 19.2 Å². The quantitative estimate of drug-likeness (QED) is 0.471. The van der Waals surface area contributed by atoms with Crippen LogP contribution in [0.15, 0.2) is 40.9 Å². The molecule has 1 unspecified atom stereocenters. The molecule has 1 N–H and O–H groups in total. The van der Waals surface area contributed by atoms with Crippen LogP contribution in [0.4, 0.5) is 10.2 Å². The Hall–Kier alpha value is -4.32. The number of carbonyl (C=O) groups excluding carboxylic acids is 4. The summed E-state index contributed by atoms with van der Waals surface area (Å²) >= 11 is 0. The molecule has 218 valence electrons. The molecule has 7 rings (SSSR count). The van der Waals surface area contributed by atoms with Crippen LogP contribution in [-0.2, 0) is 16.1 Å². The number of nitrogens with zero attached hydrogens (tertiary/aromatic N) is 5. The van der Waals surface area contributed by atoms with Crippen molar-refractivity contribution in [3.05, 3.63) is 58.9 Å². The van der Waals surface area contributed by atoms with E-state index in [2.05, 4.69) is 20.3 Å². The van der Waals surface area contributed by atoms with E-state index in [4.69, 9.17) is 4.52 Å². The highest BCUT2D eigenvalue weighted by Crippen LogP contribution is 2.32. The van der Waals surface area contributed by atoms with Crippen LogP contribution in [0.2, 0.25) is 0 Å². The van der Waals surface area contributed by atoms with Crippen LogP contribution in [0.5, 0.6) is 0 Å². The first-order valence-electron chi connectivity index (χ1n) is 14.5. The SMILES string of the molecule is O=C1CCC(N2Cc3c(C(=O)N4CCC(N5CCN(c6noc7cc(F)ccc67)CC5)CC4)cccc3C2=O)C(=O)N1. The summed E-state index contributed by atoms with van der Waals surface area (Å²) in [6.45, 7) is 4.71. The third-order valence-corrected chi connectivity index (χ3v) is 9.11. The van der Waals surface area contributed by atoms with Gasteiger partial charge in [0.25, 0.3) is 11.8 Å². The predicted octanol–water partition coefficient (Wildman–Crippen LogP) is 2.15. The van der Waals surface area contributed by atoms with Gasteiger partial charge in [0.15, 0.2) is 11.4 Å². The highest BCUT2D eigenvalue weighted by Gasteiger charge is 2.41. The maximum Gasteiger partial charge on any atom is 0.255 e. The number of aromatic nitrogens is 1. The third-order valence-electron chi connectivity index (χ3n) is 9.11. The number of piperidine rings is 2. The van der Waals surface area contributed by atoms with Gasteiger partial charge in [-0.25, -0.2) is 4.39 Å². The van der Waals surface area contributed by atoms with Gasteiger partial charge in [0.1, 0.15) is 11.9 Å². The van der Waals surface area contributed by atoms with Gasteiger partial charge in [-0.05, 0) is 49.1 Å². The molecule has 4 aliphatic rings. The molecule has 0 saturated carbocycles. The Bertz CT molecular complexity index is 1590. The lowest BCUT2D eigenvalue weighted by atomic mass is 9.98. The highest BCUT2D eigenvalue weighted by molar-refractivity contribution is 6.07. The third kappa shape index (κ3) is 4.59. The van der Waals surface area contributed by atoms with Crippen molar-refractivity contribution in [1.82, 2.24) is 25.2 Å². The van der Waals surface area contributed by atoms with E-state index < -0.39 is 11.9 Å². The summed E-state index contributed by atoms with van der Waals surface area (Å²) in [5.41, 5.74) is 2.05. The number of amides is 4. The minimum Gasteiger partial charge on any atom is -0.354 e. The number of imide groups is 1. The lowest BCUT2D eigenvalue weighted by Crippen LogP contribution is -2.54. The molecule has 4 amide bonds. The van der Waals surface area contributed by atoms with Gasteiger partial charge in [0.2, 0.25) is 11.8 Å². The molecule has 0 radical (unpaired) electrons. The summed E-state index contributed by atoms with van der Waals surface area (Å²) in [6, 6.07) is 9.32. The number of benzene rings is 2. The zero-order valence-electron chi connectivity index (χ0n) is 23.1. The van der Waals surface area contributed by atoms with E-state index in [-0.39, 0.29) is 42.9 Å². The molecule has 2 aromatic carbocycles. The molecule has 1 atom stereocenters. The molecule has 4 aliphatic heterocycles. The molecule has 3 fully saturated rings. The van der Waals surface area contributed by atoms with Gasteiger partial charge >= 0.3 is 0 Å². The number of hydrogen-bond donors (Lipinski definition) is 1. The van der Waals surface area contributed by atoms with Crippen LogP contribution >= 0.6 is 0 Å². The minimum atomic E-state index is -0.715. The smallest absolute Gasteiger partial charge is 0.255 e. The van der Waals surface area contributed by atoms with Crippen LogP contribution in [-0.4, -0.2) is 94.8 Å². The summed E-state index contributed by atoms with van der Waals surface area (Å²) in [5.74, 6) is -0.773. The van der Waals surface area contributed by atoms with Crippen molar-refractivity contribution in [1.29, 1.82) is 0 Å². The summed E-state index contributed by atoms with van der Waals surface area (Å²) < 4.78 is 18.9. The summed E-state index contributed by atoms with van der Waals surface area (Å²) in [5, 5.41) is 7.32. The lowest BCUT2D eigenvalue weighted by Gasteiger charge is -2.42. The van der Waals surface area contributed by atoms with Crippen LogP contribution in [0.25, 0.3) is 11.0 Å². The fourth-order valence-electron chi connectivity index (χ4n) is 6.82. The molecule has 3 saturated heterocycles. The van der Waals surface area contributed by atoms with Crippen LogP contribution in [0.1, 0.15) is 52.0 Å². The Kier molecular flexibility index (Phi) is 6.64. The normalized spacial score (nSPS) is 22.2. The van der Waals surface area contributed by atoms with Crippen molar-refractivity contribution in [3.63, 3.8) is 0 Å². The van der Waals surface area contributed by atoms with Crippen molar-refractivity contribution in [2.75, 3.05) is 44.2 Å². The Labute approximate surface area is 241 Å². The van der Waals surface area contributed by atoms with Gasteiger partial charge in [-0.2, -0.15) is 0 Å². The molecule has 3 aromatic rings. The average molecular weight is 575 g/mol. The first-order chi connectivity index (χ1) is 20.4. The fraction of sp³-hybridized carbons (Fsp3) is 0.433. The number of anilines is 1. The fourth-order valence-corrected chi connectivity index (χ4v) is 6.82. The van der Waals surface area contributed by atoms with Gasteiger partial charge in [0.05, 0.1) is 5.39 Å². The summed E-state index contributed by atoms with van der Waals surface area (Å²) in [7, 11) is 0. The van der Waals surface area contributed by atoms with Crippen molar-refractivity contribution >= 4 is 40.4 Å². The monoisotopic (exact) mass is 574 g/mol. The number of piperazine rings is 1. The van der Waals surface area contributed by atoms with E-state index in [0.717, 1.165) is 50.2 Å². The minimum absolute atomic E-state index is 0.0950. The van der Waals surface area contributed by atoms with E-state index in [9.17, 15) is 23.6 Å². The van der Waals surface area contributed by atoms with E-state index in [1.807, 2.05) is 4.90 Å². The second-order valence-electron chi connectivity index (χ2n) is 11.4. The van der Waals surface area contributed by atoms with Crippen LogP contribution < -0.4 is 10.2 Å². The average Bonchev–Trinajstić information content (AvgIpc) is 3.57. The van der Waals surface area contributed by atoms with Gasteiger partial charge in [-0.3, -0.25) is 29.4 Å². The van der Waals surface area contributed by atoms with E-state index in [0.29, 0.717) is 41.4 Å². The number of likely N-dealkylation sites (tertiary alicyclic amines) is 1. The maximum absolute atomic E-state index is 13.7. The Morgan fingerprint density at radius 1 is 0.976 bits per heavy atom. The second kappa shape index (κ2) is 10.5. The molecule has 5 heterocycles. The van der Waals surface area contributed by atoms with E-state index >= 15 is 0 Å². The molecule has 12 heteroatoms. The Morgan fingerprint density at radius 2 is 1.76 bits per heavy atom. The zero-order chi connectivity index (χ0) is 29.0. The lowest BCUT2D eigenvalue weighted by molar-refractivity contribution is -0.136. The Balaban J connectivity index is 0.966. The molecule has 42 heavy (non-hydrogen) atoms. The molecule has 0 bridgehead atoms. The number of fused-ring (bicyclic) bond motifs is 2. The molecular formula is C30H31FN6O5. The molecular weight excluding hydrogens is 543 g/mol. The second-order valence-corrected chi connectivity index (χ2v) is 11.4. The molecule has 0 spiro atoms. The van der Waals surface area contributed by atoms with Gasteiger partial charge in [-0.1, -0.05) is 11.2 Å². The predicted molar refractivity (Wildman–Crippen MR) is 149 cm³/mol. The number of hydrogen-bond acceptors (Lipinski definition) is 8. The highest BCUT2D eigenvalue weighted by atomic mass is 19.1. The number of rotatable bonds is 4. The number of carbonyl (C=O) groups is 4.